The Kier molecular flexibility index (Phi) is 7.30. The van der Waals surface area contributed by atoms with Gasteiger partial charge in [-0.2, -0.15) is 5.10 Å². The summed E-state index contributed by atoms with van der Waals surface area (Å²) in [6, 6.07) is 0.225. The van der Waals surface area contributed by atoms with Gasteiger partial charge in [-0.05, 0) is 45.1 Å². The first-order valence-electron chi connectivity index (χ1n) is 7.52. The van der Waals surface area contributed by atoms with E-state index in [1.807, 2.05) is 27.0 Å². The number of hydrogen-bond donors (Lipinski definition) is 3. The molecular formula is C15H28N4O. The summed E-state index contributed by atoms with van der Waals surface area (Å²) in [6.07, 6.45) is 6.65. The first-order valence-corrected chi connectivity index (χ1v) is 7.52. The van der Waals surface area contributed by atoms with E-state index in [1.165, 1.54) is 5.56 Å². The van der Waals surface area contributed by atoms with Crippen molar-refractivity contribution in [3.63, 3.8) is 0 Å². The zero-order valence-electron chi connectivity index (χ0n) is 12.9. The largest absolute Gasteiger partial charge is 0.356 e. The molecule has 5 nitrogen and oxygen atoms in total. The number of hydrogen-bond acceptors (Lipinski definition) is 3. The fourth-order valence-corrected chi connectivity index (χ4v) is 2.17. The van der Waals surface area contributed by atoms with E-state index >= 15 is 0 Å². The number of amides is 1. The molecule has 0 spiro atoms. The molecule has 5 heteroatoms. The van der Waals surface area contributed by atoms with Crippen molar-refractivity contribution in [2.75, 3.05) is 6.54 Å². The number of H-pyrrole nitrogens is 1. The Morgan fingerprint density at radius 1 is 1.40 bits per heavy atom. The minimum Gasteiger partial charge on any atom is -0.356 e. The van der Waals surface area contributed by atoms with Crippen molar-refractivity contribution in [2.45, 2.75) is 58.9 Å². The van der Waals surface area contributed by atoms with Crippen LogP contribution in [0.5, 0.6) is 0 Å². The van der Waals surface area contributed by atoms with E-state index in [9.17, 15) is 4.79 Å². The molecule has 0 aromatic carbocycles. The maximum Gasteiger partial charge on any atom is 0.222 e. The topological polar surface area (TPSA) is 83.8 Å². The van der Waals surface area contributed by atoms with Crippen molar-refractivity contribution in [3.05, 3.63) is 17.5 Å². The lowest BCUT2D eigenvalue weighted by atomic mass is 10.0. The van der Waals surface area contributed by atoms with Gasteiger partial charge < -0.3 is 11.1 Å². The molecule has 1 aromatic heterocycles. The van der Waals surface area contributed by atoms with Gasteiger partial charge in [0, 0.05) is 24.2 Å². The van der Waals surface area contributed by atoms with E-state index in [2.05, 4.69) is 15.5 Å². The smallest absolute Gasteiger partial charge is 0.222 e. The van der Waals surface area contributed by atoms with Crippen LogP contribution in [-0.4, -0.2) is 28.7 Å². The minimum absolute atomic E-state index is 0.0735. The first kappa shape index (κ1) is 16.7. The molecule has 0 saturated heterocycles. The van der Waals surface area contributed by atoms with Gasteiger partial charge >= 0.3 is 0 Å². The molecule has 0 aliphatic rings. The molecule has 1 heterocycles. The molecule has 1 aromatic rings. The number of nitrogens with one attached hydrogen (secondary N) is 2. The molecule has 0 bridgehead atoms. The number of nitrogens with zero attached hydrogens (tertiary/aromatic N) is 1. The summed E-state index contributed by atoms with van der Waals surface area (Å²) in [7, 11) is 0. The first-order chi connectivity index (χ1) is 9.50. The van der Waals surface area contributed by atoms with Gasteiger partial charge in [-0.15, -0.1) is 0 Å². The van der Waals surface area contributed by atoms with E-state index in [0.29, 0.717) is 0 Å². The molecule has 0 saturated carbocycles. The van der Waals surface area contributed by atoms with Crippen LogP contribution in [0, 0.1) is 12.8 Å². The van der Waals surface area contributed by atoms with Crippen molar-refractivity contribution in [1.29, 1.82) is 0 Å². The van der Waals surface area contributed by atoms with Gasteiger partial charge in [0.25, 0.3) is 0 Å². The van der Waals surface area contributed by atoms with Crippen LogP contribution in [0.3, 0.4) is 0 Å². The maximum atomic E-state index is 11.9. The fourth-order valence-electron chi connectivity index (χ4n) is 2.17. The van der Waals surface area contributed by atoms with Crippen LogP contribution in [0.1, 0.15) is 50.8 Å². The van der Waals surface area contributed by atoms with Crippen molar-refractivity contribution in [1.82, 2.24) is 15.5 Å². The van der Waals surface area contributed by atoms with Crippen LogP contribution >= 0.6 is 0 Å². The van der Waals surface area contributed by atoms with Crippen molar-refractivity contribution < 1.29 is 4.79 Å². The Morgan fingerprint density at radius 3 is 2.75 bits per heavy atom. The Hall–Kier alpha value is -1.36. The predicted molar refractivity (Wildman–Crippen MR) is 81.3 cm³/mol. The normalized spacial score (nSPS) is 14.0. The third-order valence-corrected chi connectivity index (χ3v) is 3.60. The molecule has 20 heavy (non-hydrogen) atoms. The third-order valence-electron chi connectivity index (χ3n) is 3.60. The van der Waals surface area contributed by atoms with Crippen LogP contribution in [-0.2, 0) is 11.2 Å². The predicted octanol–water partition coefficient (Wildman–Crippen LogP) is 1.92. The minimum atomic E-state index is 0.0735. The lowest BCUT2D eigenvalue weighted by Crippen LogP contribution is -2.30. The summed E-state index contributed by atoms with van der Waals surface area (Å²) in [5.74, 6) is 0.225. The summed E-state index contributed by atoms with van der Waals surface area (Å²) in [6.45, 7) is 6.72. The fraction of sp³-hybridized carbons (Fsp3) is 0.733. The molecule has 0 fully saturated rings. The Labute approximate surface area is 121 Å². The maximum absolute atomic E-state index is 11.9. The van der Waals surface area contributed by atoms with Crippen molar-refractivity contribution in [2.24, 2.45) is 11.7 Å². The molecule has 0 radical (unpaired) electrons. The van der Waals surface area contributed by atoms with E-state index in [-0.39, 0.29) is 17.9 Å². The van der Waals surface area contributed by atoms with Crippen LogP contribution in [0.4, 0.5) is 0 Å². The number of carbonyl (C=O) groups excluding carboxylic acids is 1. The second-order valence-electron chi connectivity index (χ2n) is 5.72. The average Bonchev–Trinajstić information content (AvgIpc) is 2.79. The molecule has 2 unspecified atom stereocenters. The second-order valence-corrected chi connectivity index (χ2v) is 5.72. The van der Waals surface area contributed by atoms with Gasteiger partial charge in [-0.25, -0.2) is 0 Å². The zero-order valence-corrected chi connectivity index (χ0v) is 12.9. The lowest BCUT2D eigenvalue weighted by molar-refractivity contribution is -0.124. The summed E-state index contributed by atoms with van der Waals surface area (Å²) >= 11 is 0. The Morgan fingerprint density at radius 2 is 2.15 bits per heavy atom. The van der Waals surface area contributed by atoms with E-state index < -0.39 is 0 Å². The highest BCUT2D eigenvalue weighted by Gasteiger charge is 2.12. The van der Waals surface area contributed by atoms with Gasteiger partial charge in [-0.1, -0.05) is 13.3 Å². The Balaban J connectivity index is 2.11. The van der Waals surface area contributed by atoms with Gasteiger partial charge in [0.1, 0.15) is 0 Å². The molecule has 1 rings (SSSR count). The number of nitrogens with two attached hydrogens (primary N) is 1. The SMILES string of the molecule is Cc1[nH]ncc1CCCNC(=O)C(C)CCCC(C)N. The zero-order chi connectivity index (χ0) is 15.0. The van der Waals surface area contributed by atoms with Gasteiger partial charge in [0.05, 0.1) is 6.20 Å². The molecule has 0 aliphatic heterocycles. The van der Waals surface area contributed by atoms with E-state index in [1.54, 1.807) is 0 Å². The van der Waals surface area contributed by atoms with Crippen molar-refractivity contribution in [3.8, 4) is 0 Å². The molecule has 2 atom stereocenters. The van der Waals surface area contributed by atoms with Crippen LogP contribution in [0.15, 0.2) is 6.20 Å². The van der Waals surface area contributed by atoms with Gasteiger partial charge in [-0.3, -0.25) is 9.89 Å². The highest BCUT2D eigenvalue weighted by Crippen LogP contribution is 2.09. The van der Waals surface area contributed by atoms with Crippen LogP contribution in [0.25, 0.3) is 0 Å². The van der Waals surface area contributed by atoms with Crippen LogP contribution in [0.2, 0.25) is 0 Å². The molecular weight excluding hydrogens is 252 g/mol. The van der Waals surface area contributed by atoms with E-state index in [0.717, 1.165) is 44.3 Å². The van der Waals surface area contributed by atoms with Crippen LogP contribution < -0.4 is 11.1 Å². The molecule has 4 N–H and O–H groups in total. The molecule has 1 amide bonds. The summed E-state index contributed by atoms with van der Waals surface area (Å²) in [5.41, 5.74) is 8.04. The number of aromatic amines is 1. The lowest BCUT2D eigenvalue weighted by Gasteiger charge is -2.12. The third kappa shape index (κ3) is 6.19. The highest BCUT2D eigenvalue weighted by atomic mass is 16.1. The monoisotopic (exact) mass is 280 g/mol. The quantitative estimate of drug-likeness (QED) is 0.604. The van der Waals surface area contributed by atoms with Gasteiger partial charge in [0.2, 0.25) is 5.91 Å². The van der Waals surface area contributed by atoms with Crippen molar-refractivity contribution >= 4 is 5.91 Å². The average molecular weight is 280 g/mol. The second kappa shape index (κ2) is 8.74. The number of carbonyl (C=O) groups is 1. The number of aryl methyl sites for hydroxylation is 2. The summed E-state index contributed by atoms with van der Waals surface area (Å²) in [4.78, 5) is 11.9. The summed E-state index contributed by atoms with van der Waals surface area (Å²) < 4.78 is 0. The summed E-state index contributed by atoms with van der Waals surface area (Å²) in [5, 5.41) is 9.91. The number of rotatable bonds is 9. The van der Waals surface area contributed by atoms with E-state index in [4.69, 9.17) is 5.73 Å². The molecule has 114 valence electrons. The Bertz CT molecular complexity index is 400. The highest BCUT2D eigenvalue weighted by molar-refractivity contribution is 5.78. The standard InChI is InChI=1S/C15H28N4O/c1-11(6-4-7-12(2)16)15(20)17-9-5-8-14-10-18-19-13(14)3/h10-12H,4-9,16H2,1-3H3,(H,17,20)(H,18,19). The van der Waals surface area contributed by atoms with Gasteiger partial charge in [0.15, 0.2) is 0 Å². The number of aromatic nitrogens is 2. The molecule has 0 aliphatic carbocycles.